The number of benzene rings is 1. The van der Waals surface area contributed by atoms with Crippen molar-refractivity contribution in [3.8, 4) is 5.75 Å². The number of amides is 2. The average molecular weight is 344 g/mol. The summed E-state index contributed by atoms with van der Waals surface area (Å²) in [6.45, 7) is 0. The molecule has 2 aromatic rings. The van der Waals surface area contributed by atoms with Gasteiger partial charge in [0.1, 0.15) is 10.8 Å². The minimum absolute atomic E-state index is 0.271. The normalized spacial score (nSPS) is 13.7. The monoisotopic (exact) mass is 344 g/mol. The van der Waals surface area contributed by atoms with Crippen LogP contribution in [0.2, 0.25) is 0 Å². The second-order valence-corrected chi connectivity index (χ2v) is 6.92. The highest BCUT2D eigenvalue weighted by molar-refractivity contribution is 7.17. The number of methoxy groups -OCH3 is 1. The first kappa shape index (κ1) is 16.5. The van der Waals surface area contributed by atoms with Gasteiger partial charge in [-0.1, -0.05) is 12.5 Å². The van der Waals surface area contributed by atoms with Crippen LogP contribution in [0.25, 0.3) is 0 Å². The van der Waals surface area contributed by atoms with E-state index in [4.69, 9.17) is 10.5 Å². The first-order valence-electron chi connectivity index (χ1n) is 8.00. The van der Waals surface area contributed by atoms with Crippen molar-refractivity contribution >= 4 is 28.2 Å². The number of carbonyl (C=O) groups is 2. The number of hydrogen-bond donors (Lipinski definition) is 2. The van der Waals surface area contributed by atoms with Crippen molar-refractivity contribution in [1.29, 1.82) is 0 Å². The van der Waals surface area contributed by atoms with Gasteiger partial charge in [0.15, 0.2) is 0 Å². The van der Waals surface area contributed by atoms with Crippen LogP contribution in [0.15, 0.2) is 24.3 Å². The van der Waals surface area contributed by atoms with Gasteiger partial charge in [-0.15, -0.1) is 11.3 Å². The Hall–Kier alpha value is -2.34. The number of rotatable bonds is 4. The Bertz CT molecular complexity index is 783. The number of nitrogens with two attached hydrogens (primary N) is 1. The van der Waals surface area contributed by atoms with E-state index in [0.29, 0.717) is 21.9 Å². The third-order valence-electron chi connectivity index (χ3n) is 4.23. The maximum atomic E-state index is 12.5. The number of carbonyl (C=O) groups excluding carboxylic acids is 2. The molecule has 0 unspecified atom stereocenters. The van der Waals surface area contributed by atoms with Crippen LogP contribution in [-0.4, -0.2) is 18.9 Å². The van der Waals surface area contributed by atoms with Gasteiger partial charge in [0.05, 0.1) is 12.7 Å². The van der Waals surface area contributed by atoms with Crippen molar-refractivity contribution in [1.82, 2.24) is 0 Å². The van der Waals surface area contributed by atoms with E-state index in [-0.39, 0.29) is 5.91 Å². The predicted molar refractivity (Wildman–Crippen MR) is 95.0 cm³/mol. The maximum Gasteiger partial charge on any atom is 0.256 e. The molecule has 1 heterocycles. The number of anilines is 1. The highest BCUT2D eigenvalue weighted by Gasteiger charge is 2.24. The lowest BCUT2D eigenvalue weighted by molar-refractivity contribution is 0.100. The van der Waals surface area contributed by atoms with Crippen molar-refractivity contribution < 1.29 is 14.3 Å². The van der Waals surface area contributed by atoms with Gasteiger partial charge in [0.2, 0.25) is 0 Å². The second kappa shape index (κ2) is 7.05. The molecule has 1 aromatic heterocycles. The lowest BCUT2D eigenvalue weighted by Gasteiger charge is -2.07. The molecule has 126 valence electrons. The van der Waals surface area contributed by atoms with Gasteiger partial charge in [0.25, 0.3) is 11.8 Å². The number of primary amides is 1. The molecule has 3 N–H and O–H groups in total. The summed E-state index contributed by atoms with van der Waals surface area (Å²) in [4.78, 5) is 25.6. The third-order valence-corrected chi connectivity index (χ3v) is 5.43. The summed E-state index contributed by atoms with van der Waals surface area (Å²) in [5.41, 5.74) is 7.57. The topological polar surface area (TPSA) is 81.4 Å². The summed E-state index contributed by atoms with van der Waals surface area (Å²) in [5, 5.41) is 3.42. The fourth-order valence-electron chi connectivity index (χ4n) is 3.03. The van der Waals surface area contributed by atoms with E-state index in [0.717, 1.165) is 37.7 Å². The van der Waals surface area contributed by atoms with E-state index in [9.17, 15) is 9.59 Å². The molecule has 0 saturated carbocycles. The Kier molecular flexibility index (Phi) is 4.85. The minimum Gasteiger partial charge on any atom is -0.497 e. The van der Waals surface area contributed by atoms with Crippen molar-refractivity contribution in [2.24, 2.45) is 5.73 Å². The van der Waals surface area contributed by atoms with Gasteiger partial charge in [-0.3, -0.25) is 9.59 Å². The third kappa shape index (κ3) is 3.28. The molecule has 0 spiro atoms. The van der Waals surface area contributed by atoms with Crippen LogP contribution in [0, 0.1) is 0 Å². The SMILES string of the molecule is COc1cccc(C(=O)Nc2sc3c(c2C(N)=O)CCCCC3)c1. The molecule has 6 heteroatoms. The summed E-state index contributed by atoms with van der Waals surface area (Å²) >= 11 is 1.47. The lowest BCUT2D eigenvalue weighted by Crippen LogP contribution is -2.18. The first-order valence-corrected chi connectivity index (χ1v) is 8.81. The van der Waals surface area contributed by atoms with E-state index in [1.807, 2.05) is 0 Å². The summed E-state index contributed by atoms with van der Waals surface area (Å²) in [6, 6.07) is 6.91. The molecule has 1 aromatic carbocycles. The Balaban J connectivity index is 1.91. The van der Waals surface area contributed by atoms with Crippen LogP contribution in [0.1, 0.15) is 50.4 Å². The molecule has 0 saturated heterocycles. The van der Waals surface area contributed by atoms with E-state index < -0.39 is 5.91 Å². The highest BCUT2D eigenvalue weighted by Crippen LogP contribution is 2.37. The number of aryl methyl sites for hydroxylation is 1. The standard InChI is InChI=1S/C18H20N2O3S/c1-23-12-7-5-6-11(10-12)17(22)20-18-15(16(19)21)13-8-3-2-4-9-14(13)24-18/h5-7,10H,2-4,8-9H2,1H3,(H2,19,21)(H,20,22). The van der Waals surface area contributed by atoms with Crippen molar-refractivity contribution in [3.63, 3.8) is 0 Å². The van der Waals surface area contributed by atoms with E-state index in [1.54, 1.807) is 31.4 Å². The van der Waals surface area contributed by atoms with Gasteiger partial charge in [-0.2, -0.15) is 0 Å². The second-order valence-electron chi connectivity index (χ2n) is 5.82. The minimum atomic E-state index is -0.477. The van der Waals surface area contributed by atoms with Crippen molar-refractivity contribution in [2.75, 3.05) is 12.4 Å². The molecule has 1 aliphatic carbocycles. The Morgan fingerprint density at radius 3 is 2.75 bits per heavy atom. The van der Waals surface area contributed by atoms with Gasteiger partial charge in [-0.25, -0.2) is 0 Å². The predicted octanol–water partition coefficient (Wildman–Crippen LogP) is 3.38. The quantitative estimate of drug-likeness (QED) is 0.834. The molecule has 0 aliphatic heterocycles. The molecular weight excluding hydrogens is 324 g/mol. The number of ether oxygens (including phenoxy) is 1. The molecule has 0 fully saturated rings. The fourth-order valence-corrected chi connectivity index (χ4v) is 4.32. The zero-order valence-corrected chi connectivity index (χ0v) is 14.4. The van der Waals surface area contributed by atoms with Crippen LogP contribution in [0.3, 0.4) is 0 Å². The van der Waals surface area contributed by atoms with Crippen LogP contribution in [0.5, 0.6) is 5.75 Å². The Morgan fingerprint density at radius 1 is 1.21 bits per heavy atom. The maximum absolute atomic E-state index is 12.5. The molecule has 0 radical (unpaired) electrons. The first-order chi connectivity index (χ1) is 11.6. The van der Waals surface area contributed by atoms with Gasteiger partial charge in [-0.05, 0) is 49.4 Å². The largest absolute Gasteiger partial charge is 0.497 e. The van der Waals surface area contributed by atoms with Gasteiger partial charge >= 0.3 is 0 Å². The lowest BCUT2D eigenvalue weighted by atomic mass is 10.1. The Labute approximate surface area is 144 Å². The van der Waals surface area contributed by atoms with Crippen molar-refractivity contribution in [3.05, 3.63) is 45.8 Å². The van der Waals surface area contributed by atoms with E-state index in [1.165, 1.54) is 16.2 Å². The molecule has 1 aliphatic rings. The summed E-state index contributed by atoms with van der Waals surface area (Å²) in [6.07, 6.45) is 5.10. The molecule has 0 atom stereocenters. The van der Waals surface area contributed by atoms with Crippen molar-refractivity contribution in [2.45, 2.75) is 32.1 Å². The van der Waals surface area contributed by atoms with Crippen LogP contribution in [0.4, 0.5) is 5.00 Å². The van der Waals surface area contributed by atoms with Gasteiger partial charge < -0.3 is 15.8 Å². The zero-order valence-electron chi connectivity index (χ0n) is 13.6. The van der Waals surface area contributed by atoms with E-state index >= 15 is 0 Å². The molecule has 5 nitrogen and oxygen atoms in total. The van der Waals surface area contributed by atoms with Crippen LogP contribution < -0.4 is 15.8 Å². The number of fused-ring (bicyclic) bond motifs is 1. The van der Waals surface area contributed by atoms with E-state index in [2.05, 4.69) is 5.32 Å². The Morgan fingerprint density at radius 2 is 2.00 bits per heavy atom. The summed E-state index contributed by atoms with van der Waals surface area (Å²) < 4.78 is 5.15. The number of hydrogen-bond acceptors (Lipinski definition) is 4. The number of nitrogens with one attached hydrogen (secondary N) is 1. The number of thiophene rings is 1. The smallest absolute Gasteiger partial charge is 0.256 e. The van der Waals surface area contributed by atoms with Crippen LogP contribution in [-0.2, 0) is 12.8 Å². The zero-order chi connectivity index (χ0) is 17.1. The highest BCUT2D eigenvalue weighted by atomic mass is 32.1. The molecular formula is C18H20N2O3S. The molecule has 2 amide bonds. The summed E-state index contributed by atoms with van der Waals surface area (Å²) in [7, 11) is 1.55. The fraction of sp³-hybridized carbons (Fsp3) is 0.333. The molecule has 24 heavy (non-hydrogen) atoms. The van der Waals surface area contributed by atoms with Crippen LogP contribution >= 0.6 is 11.3 Å². The summed E-state index contributed by atoms with van der Waals surface area (Å²) in [5.74, 6) is -0.136. The average Bonchev–Trinajstić information content (AvgIpc) is 2.76. The van der Waals surface area contributed by atoms with Gasteiger partial charge in [0, 0.05) is 10.4 Å². The molecule has 0 bridgehead atoms. The molecule has 3 rings (SSSR count).